The van der Waals surface area contributed by atoms with E-state index in [-0.39, 0.29) is 17.7 Å². The van der Waals surface area contributed by atoms with Crippen LogP contribution in [0.4, 0.5) is 0 Å². The molecule has 1 aliphatic rings. The highest BCUT2D eigenvalue weighted by Gasteiger charge is 2.29. The lowest BCUT2D eigenvalue weighted by Crippen LogP contribution is -2.41. The van der Waals surface area contributed by atoms with Crippen LogP contribution in [0.1, 0.15) is 44.2 Å². The summed E-state index contributed by atoms with van der Waals surface area (Å²) in [5.74, 6) is 1.31. The lowest BCUT2D eigenvalue weighted by atomic mass is 9.97. The second-order valence-corrected chi connectivity index (χ2v) is 6.25. The number of aryl methyl sites for hydroxylation is 1. The predicted molar refractivity (Wildman–Crippen MR) is 83.5 cm³/mol. The highest BCUT2D eigenvalue weighted by Crippen LogP contribution is 2.29. The Bertz CT molecular complexity index is 697. The smallest absolute Gasteiger partial charge is 0.251 e. The monoisotopic (exact) mass is 315 g/mol. The normalized spacial score (nSPS) is 18.4. The molecule has 1 atom stereocenters. The summed E-state index contributed by atoms with van der Waals surface area (Å²) in [6, 6.07) is 0. The van der Waals surface area contributed by atoms with Gasteiger partial charge in [-0.05, 0) is 19.8 Å². The fraction of sp³-hybridized carbons (Fsp3) is 0.562. The first-order valence-corrected chi connectivity index (χ1v) is 7.95. The Morgan fingerprint density at radius 3 is 2.96 bits per heavy atom. The van der Waals surface area contributed by atoms with E-state index in [1.165, 1.54) is 6.33 Å². The van der Waals surface area contributed by atoms with Gasteiger partial charge in [0, 0.05) is 25.2 Å². The van der Waals surface area contributed by atoms with E-state index in [1.54, 1.807) is 6.20 Å². The maximum absolute atomic E-state index is 12.2. The Morgan fingerprint density at radius 1 is 1.39 bits per heavy atom. The second kappa shape index (κ2) is 6.44. The molecule has 0 saturated carbocycles. The van der Waals surface area contributed by atoms with Gasteiger partial charge in [0.15, 0.2) is 0 Å². The van der Waals surface area contributed by atoms with E-state index in [1.807, 2.05) is 25.7 Å². The first-order chi connectivity index (χ1) is 11.1. The van der Waals surface area contributed by atoms with Gasteiger partial charge in [0.2, 0.25) is 11.8 Å². The molecule has 1 aliphatic heterocycles. The Balaban J connectivity index is 1.78. The first kappa shape index (κ1) is 15.6. The van der Waals surface area contributed by atoms with E-state index < -0.39 is 0 Å². The summed E-state index contributed by atoms with van der Waals surface area (Å²) >= 11 is 0. The quantitative estimate of drug-likeness (QED) is 0.863. The molecule has 7 heteroatoms. The van der Waals surface area contributed by atoms with Crippen molar-refractivity contribution >= 4 is 5.91 Å². The molecule has 2 aromatic heterocycles. The maximum atomic E-state index is 12.2. The van der Waals surface area contributed by atoms with Crippen molar-refractivity contribution in [3.8, 4) is 11.5 Å². The van der Waals surface area contributed by atoms with Gasteiger partial charge in [0.25, 0.3) is 5.89 Å². The van der Waals surface area contributed by atoms with Crippen molar-refractivity contribution in [1.82, 2.24) is 25.1 Å². The maximum Gasteiger partial charge on any atom is 0.251 e. The average Bonchev–Trinajstić information content (AvgIpc) is 3.04. The summed E-state index contributed by atoms with van der Waals surface area (Å²) in [6.45, 7) is 7.18. The number of nitrogens with zero attached hydrogens (tertiary/aromatic N) is 5. The molecule has 0 radical (unpaired) electrons. The van der Waals surface area contributed by atoms with Crippen molar-refractivity contribution in [2.75, 3.05) is 13.1 Å². The zero-order valence-corrected chi connectivity index (χ0v) is 13.7. The number of carbonyl (C=O) groups excluding carboxylic acids is 1. The third kappa shape index (κ3) is 3.23. The van der Waals surface area contributed by atoms with Crippen LogP contribution in [-0.4, -0.2) is 44.1 Å². The number of aromatic nitrogens is 4. The summed E-state index contributed by atoms with van der Waals surface area (Å²) in [4.78, 5) is 22.2. The van der Waals surface area contributed by atoms with Crippen LogP contribution >= 0.6 is 0 Å². The molecule has 0 unspecified atom stereocenters. The zero-order chi connectivity index (χ0) is 16.4. The second-order valence-electron chi connectivity index (χ2n) is 6.25. The number of hydrogen-bond donors (Lipinski definition) is 0. The Morgan fingerprint density at radius 2 is 2.22 bits per heavy atom. The fourth-order valence-electron chi connectivity index (χ4n) is 2.85. The molecule has 0 aliphatic carbocycles. The van der Waals surface area contributed by atoms with E-state index >= 15 is 0 Å². The molecule has 2 aromatic rings. The van der Waals surface area contributed by atoms with Crippen LogP contribution < -0.4 is 0 Å². The number of amides is 1. The van der Waals surface area contributed by atoms with E-state index in [4.69, 9.17) is 4.42 Å². The van der Waals surface area contributed by atoms with Gasteiger partial charge < -0.3 is 9.32 Å². The van der Waals surface area contributed by atoms with E-state index in [0.717, 1.165) is 30.6 Å². The highest BCUT2D eigenvalue weighted by molar-refractivity contribution is 5.78. The van der Waals surface area contributed by atoms with Gasteiger partial charge in [-0.25, -0.2) is 9.97 Å². The van der Waals surface area contributed by atoms with Crippen molar-refractivity contribution in [1.29, 1.82) is 0 Å². The van der Waals surface area contributed by atoms with E-state index in [2.05, 4.69) is 20.2 Å². The standard InChI is InChI=1S/C16H21N5O2/c1-10(2)16(22)21-6-4-5-12(8-21)14-19-20-15(23-14)13-7-17-9-18-11(13)3/h7,9-10,12H,4-6,8H2,1-3H3/t12-/m1/s1. The zero-order valence-electron chi connectivity index (χ0n) is 13.7. The summed E-state index contributed by atoms with van der Waals surface area (Å²) in [6.07, 6.45) is 5.07. The van der Waals surface area contributed by atoms with Crippen LogP contribution in [0.15, 0.2) is 16.9 Å². The summed E-state index contributed by atoms with van der Waals surface area (Å²) in [5, 5.41) is 8.31. The first-order valence-electron chi connectivity index (χ1n) is 7.95. The van der Waals surface area contributed by atoms with Gasteiger partial charge in [-0.3, -0.25) is 4.79 Å². The molecule has 0 bridgehead atoms. The Kier molecular flexibility index (Phi) is 4.36. The molecule has 23 heavy (non-hydrogen) atoms. The summed E-state index contributed by atoms with van der Waals surface area (Å²) in [5.41, 5.74) is 1.55. The van der Waals surface area contributed by atoms with Crippen LogP contribution in [-0.2, 0) is 4.79 Å². The lowest BCUT2D eigenvalue weighted by molar-refractivity contribution is -0.135. The number of hydrogen-bond acceptors (Lipinski definition) is 6. The van der Waals surface area contributed by atoms with Gasteiger partial charge in [0.1, 0.15) is 6.33 Å². The van der Waals surface area contributed by atoms with Crippen LogP contribution in [0.25, 0.3) is 11.5 Å². The number of likely N-dealkylation sites (tertiary alicyclic amines) is 1. The van der Waals surface area contributed by atoms with Crippen LogP contribution in [0.2, 0.25) is 0 Å². The number of rotatable bonds is 3. The van der Waals surface area contributed by atoms with Gasteiger partial charge in [-0.15, -0.1) is 10.2 Å². The van der Waals surface area contributed by atoms with Gasteiger partial charge >= 0.3 is 0 Å². The van der Waals surface area contributed by atoms with Gasteiger partial charge in [0.05, 0.1) is 17.2 Å². The minimum atomic E-state index is 0.0103. The SMILES string of the molecule is Cc1ncncc1-c1nnc([C@@H]2CCCN(C(=O)C(C)C)C2)o1. The highest BCUT2D eigenvalue weighted by atomic mass is 16.4. The Hall–Kier alpha value is -2.31. The van der Waals surface area contributed by atoms with Crippen molar-refractivity contribution in [3.63, 3.8) is 0 Å². The van der Waals surface area contributed by atoms with Gasteiger partial charge in [-0.2, -0.15) is 0 Å². The predicted octanol–water partition coefficient (Wildman–Crippen LogP) is 2.20. The van der Waals surface area contributed by atoms with Crippen molar-refractivity contribution < 1.29 is 9.21 Å². The van der Waals surface area contributed by atoms with Crippen molar-refractivity contribution in [2.24, 2.45) is 5.92 Å². The minimum absolute atomic E-state index is 0.0103. The average molecular weight is 315 g/mol. The third-order valence-corrected chi connectivity index (χ3v) is 4.16. The molecule has 1 amide bonds. The third-order valence-electron chi connectivity index (χ3n) is 4.16. The van der Waals surface area contributed by atoms with Crippen LogP contribution in [0.5, 0.6) is 0 Å². The molecule has 1 fully saturated rings. The molecule has 0 spiro atoms. The molecule has 1 saturated heterocycles. The van der Waals surface area contributed by atoms with E-state index in [0.29, 0.717) is 18.3 Å². The van der Waals surface area contributed by atoms with E-state index in [9.17, 15) is 4.79 Å². The molecule has 7 nitrogen and oxygen atoms in total. The molecule has 3 heterocycles. The molecule has 3 rings (SSSR count). The fourth-order valence-corrected chi connectivity index (χ4v) is 2.85. The number of carbonyl (C=O) groups is 1. The molecular formula is C16H21N5O2. The summed E-state index contributed by atoms with van der Waals surface area (Å²) < 4.78 is 5.84. The van der Waals surface area contributed by atoms with Crippen LogP contribution in [0.3, 0.4) is 0 Å². The topological polar surface area (TPSA) is 85.0 Å². The van der Waals surface area contributed by atoms with Crippen molar-refractivity contribution in [3.05, 3.63) is 24.1 Å². The largest absolute Gasteiger partial charge is 0.420 e. The molecule has 0 aromatic carbocycles. The molecule has 0 N–H and O–H groups in total. The molecule has 122 valence electrons. The lowest BCUT2D eigenvalue weighted by Gasteiger charge is -2.32. The summed E-state index contributed by atoms with van der Waals surface area (Å²) in [7, 11) is 0. The number of piperidine rings is 1. The van der Waals surface area contributed by atoms with Crippen molar-refractivity contribution in [2.45, 2.75) is 39.5 Å². The minimum Gasteiger partial charge on any atom is -0.420 e. The van der Waals surface area contributed by atoms with Gasteiger partial charge in [-0.1, -0.05) is 13.8 Å². The van der Waals surface area contributed by atoms with Crippen LogP contribution in [0, 0.1) is 12.8 Å². The molecular weight excluding hydrogens is 294 g/mol. The Labute approximate surface area is 135 Å².